The molecule has 0 saturated carbocycles. The fraction of sp³-hybridized carbons (Fsp3) is 1.00. The number of nitrogens with two attached hydrogens (primary N) is 1. The molecule has 2 rings (SSSR count). The van der Waals surface area contributed by atoms with E-state index in [9.17, 15) is 0 Å². The zero-order valence-electron chi connectivity index (χ0n) is 12.3. The predicted molar refractivity (Wildman–Crippen MR) is 77.8 cm³/mol. The highest BCUT2D eigenvalue weighted by Crippen LogP contribution is 2.34. The standard InChI is InChI=1S/C15H31N3/c1-3-14-7-4-5-11-18(14)15(13-16)8-6-10-17(2)12-9-15/h14H,3-13,16H2,1-2H3. The Morgan fingerprint density at radius 1 is 1.11 bits per heavy atom. The zero-order chi connectivity index (χ0) is 13.0. The van der Waals surface area contributed by atoms with Gasteiger partial charge < -0.3 is 10.6 Å². The molecule has 0 radical (unpaired) electrons. The van der Waals surface area contributed by atoms with Gasteiger partial charge in [0, 0.05) is 18.1 Å². The lowest BCUT2D eigenvalue weighted by Crippen LogP contribution is -2.59. The smallest absolute Gasteiger partial charge is 0.0347 e. The van der Waals surface area contributed by atoms with Gasteiger partial charge in [0.25, 0.3) is 0 Å². The van der Waals surface area contributed by atoms with Gasteiger partial charge >= 0.3 is 0 Å². The van der Waals surface area contributed by atoms with Gasteiger partial charge in [-0.1, -0.05) is 13.3 Å². The summed E-state index contributed by atoms with van der Waals surface area (Å²) in [7, 11) is 2.25. The molecular formula is C15H31N3. The molecule has 0 aromatic carbocycles. The van der Waals surface area contributed by atoms with E-state index >= 15 is 0 Å². The van der Waals surface area contributed by atoms with Crippen LogP contribution in [0.2, 0.25) is 0 Å². The van der Waals surface area contributed by atoms with Crippen LogP contribution in [0.1, 0.15) is 51.9 Å². The second kappa shape index (κ2) is 6.36. The Kier molecular flexibility index (Phi) is 5.05. The minimum atomic E-state index is 0.297. The van der Waals surface area contributed by atoms with Crippen molar-refractivity contribution in [2.75, 3.05) is 33.2 Å². The Hall–Kier alpha value is -0.120. The highest BCUT2D eigenvalue weighted by molar-refractivity contribution is 4.98. The maximum atomic E-state index is 6.24. The average Bonchev–Trinajstić information content (AvgIpc) is 2.61. The molecule has 0 aromatic heterocycles. The molecule has 0 aliphatic carbocycles. The molecule has 2 saturated heterocycles. The highest BCUT2D eigenvalue weighted by atomic mass is 15.3. The zero-order valence-corrected chi connectivity index (χ0v) is 12.3. The fourth-order valence-electron chi connectivity index (χ4n) is 3.97. The predicted octanol–water partition coefficient (Wildman–Crippen LogP) is 2.06. The molecule has 0 spiro atoms. The molecule has 2 heterocycles. The van der Waals surface area contributed by atoms with Gasteiger partial charge in [-0.25, -0.2) is 0 Å². The summed E-state index contributed by atoms with van der Waals surface area (Å²) >= 11 is 0. The molecular weight excluding hydrogens is 222 g/mol. The maximum absolute atomic E-state index is 6.24. The van der Waals surface area contributed by atoms with Crippen molar-refractivity contribution in [3.63, 3.8) is 0 Å². The van der Waals surface area contributed by atoms with Crippen molar-refractivity contribution < 1.29 is 0 Å². The topological polar surface area (TPSA) is 32.5 Å². The van der Waals surface area contributed by atoms with E-state index in [0.717, 1.165) is 12.6 Å². The van der Waals surface area contributed by atoms with Crippen molar-refractivity contribution in [2.45, 2.75) is 63.5 Å². The van der Waals surface area contributed by atoms with E-state index in [4.69, 9.17) is 5.73 Å². The Balaban J connectivity index is 2.13. The van der Waals surface area contributed by atoms with Crippen molar-refractivity contribution in [1.82, 2.24) is 9.80 Å². The van der Waals surface area contributed by atoms with Crippen LogP contribution in [-0.2, 0) is 0 Å². The van der Waals surface area contributed by atoms with Crippen LogP contribution < -0.4 is 5.73 Å². The molecule has 106 valence electrons. The normalized spacial score (nSPS) is 36.5. The molecule has 2 atom stereocenters. The first-order valence-electron chi connectivity index (χ1n) is 7.87. The Morgan fingerprint density at radius 3 is 2.67 bits per heavy atom. The Labute approximate surface area is 113 Å². The Bertz CT molecular complexity index is 256. The summed E-state index contributed by atoms with van der Waals surface area (Å²) in [6.45, 7) is 6.92. The molecule has 2 fully saturated rings. The quantitative estimate of drug-likeness (QED) is 0.836. The van der Waals surface area contributed by atoms with Crippen molar-refractivity contribution in [1.29, 1.82) is 0 Å². The average molecular weight is 253 g/mol. The number of hydrogen-bond donors (Lipinski definition) is 1. The van der Waals surface area contributed by atoms with E-state index in [0.29, 0.717) is 5.54 Å². The SMILES string of the molecule is CCC1CCCCN1C1(CN)CCCN(C)CC1. The summed E-state index contributed by atoms with van der Waals surface area (Å²) in [4.78, 5) is 5.28. The molecule has 0 aromatic rings. The van der Waals surface area contributed by atoms with E-state index in [1.165, 1.54) is 64.6 Å². The highest BCUT2D eigenvalue weighted by Gasteiger charge is 2.40. The minimum Gasteiger partial charge on any atom is -0.329 e. The Morgan fingerprint density at radius 2 is 1.94 bits per heavy atom. The number of likely N-dealkylation sites (tertiary alicyclic amines) is 2. The third kappa shape index (κ3) is 2.89. The third-order valence-corrected chi connectivity index (χ3v) is 5.23. The number of piperidine rings is 1. The number of rotatable bonds is 3. The number of hydrogen-bond acceptors (Lipinski definition) is 3. The van der Waals surface area contributed by atoms with E-state index < -0.39 is 0 Å². The van der Waals surface area contributed by atoms with E-state index in [-0.39, 0.29) is 0 Å². The van der Waals surface area contributed by atoms with Crippen molar-refractivity contribution in [2.24, 2.45) is 5.73 Å². The molecule has 0 bridgehead atoms. The van der Waals surface area contributed by atoms with Crippen molar-refractivity contribution in [3.8, 4) is 0 Å². The van der Waals surface area contributed by atoms with Gasteiger partial charge in [0.05, 0.1) is 0 Å². The van der Waals surface area contributed by atoms with Gasteiger partial charge in [0.1, 0.15) is 0 Å². The lowest BCUT2D eigenvalue weighted by Gasteiger charge is -2.49. The maximum Gasteiger partial charge on any atom is 0.0347 e. The monoisotopic (exact) mass is 253 g/mol. The largest absolute Gasteiger partial charge is 0.329 e. The number of nitrogens with zero attached hydrogens (tertiary/aromatic N) is 2. The molecule has 3 nitrogen and oxygen atoms in total. The second-order valence-corrected chi connectivity index (χ2v) is 6.34. The van der Waals surface area contributed by atoms with E-state index in [1.807, 2.05) is 0 Å². The fourth-order valence-corrected chi connectivity index (χ4v) is 3.97. The van der Waals surface area contributed by atoms with Crippen LogP contribution in [0, 0.1) is 0 Å². The van der Waals surface area contributed by atoms with Gasteiger partial charge in [0.15, 0.2) is 0 Å². The van der Waals surface area contributed by atoms with Crippen LogP contribution in [0.5, 0.6) is 0 Å². The minimum absolute atomic E-state index is 0.297. The van der Waals surface area contributed by atoms with Crippen LogP contribution in [0.15, 0.2) is 0 Å². The molecule has 2 aliphatic heterocycles. The van der Waals surface area contributed by atoms with Crippen LogP contribution in [-0.4, -0.2) is 54.6 Å². The van der Waals surface area contributed by atoms with Gasteiger partial charge in [0.2, 0.25) is 0 Å². The summed E-state index contributed by atoms with van der Waals surface area (Å²) in [6.07, 6.45) is 9.32. The van der Waals surface area contributed by atoms with Crippen LogP contribution in [0.25, 0.3) is 0 Å². The van der Waals surface area contributed by atoms with Gasteiger partial charge in [-0.15, -0.1) is 0 Å². The first-order valence-corrected chi connectivity index (χ1v) is 7.87. The molecule has 2 aliphatic rings. The van der Waals surface area contributed by atoms with E-state index in [2.05, 4.69) is 23.8 Å². The second-order valence-electron chi connectivity index (χ2n) is 6.34. The first-order chi connectivity index (χ1) is 8.72. The molecule has 2 unspecified atom stereocenters. The van der Waals surface area contributed by atoms with Gasteiger partial charge in [-0.05, 0) is 65.2 Å². The summed E-state index contributed by atoms with van der Waals surface area (Å²) in [5.74, 6) is 0. The first kappa shape index (κ1) is 14.3. The molecule has 18 heavy (non-hydrogen) atoms. The summed E-state index contributed by atoms with van der Waals surface area (Å²) < 4.78 is 0. The van der Waals surface area contributed by atoms with Crippen LogP contribution in [0.4, 0.5) is 0 Å². The van der Waals surface area contributed by atoms with Gasteiger partial charge in [-0.3, -0.25) is 4.90 Å². The molecule has 3 heteroatoms. The molecule has 0 amide bonds. The van der Waals surface area contributed by atoms with Crippen molar-refractivity contribution >= 4 is 0 Å². The van der Waals surface area contributed by atoms with E-state index in [1.54, 1.807) is 0 Å². The molecule has 2 N–H and O–H groups in total. The third-order valence-electron chi connectivity index (χ3n) is 5.23. The lowest BCUT2D eigenvalue weighted by molar-refractivity contribution is 0.0103. The lowest BCUT2D eigenvalue weighted by atomic mass is 9.84. The van der Waals surface area contributed by atoms with Crippen LogP contribution in [0.3, 0.4) is 0 Å². The summed E-state index contributed by atoms with van der Waals surface area (Å²) in [5.41, 5.74) is 6.54. The summed E-state index contributed by atoms with van der Waals surface area (Å²) in [5, 5.41) is 0. The van der Waals surface area contributed by atoms with Gasteiger partial charge in [-0.2, -0.15) is 0 Å². The van der Waals surface area contributed by atoms with Crippen LogP contribution >= 0.6 is 0 Å². The summed E-state index contributed by atoms with van der Waals surface area (Å²) in [6, 6.07) is 0.783. The van der Waals surface area contributed by atoms with Crippen molar-refractivity contribution in [3.05, 3.63) is 0 Å².